The Bertz CT molecular complexity index is 386. The van der Waals surface area contributed by atoms with E-state index in [4.69, 9.17) is 4.74 Å². The maximum Gasteiger partial charge on any atom is 0.407 e. The van der Waals surface area contributed by atoms with Crippen molar-refractivity contribution in [2.24, 2.45) is 5.92 Å². The standard InChI is InChI=1S/C14H24N2O5/c1-4-21-14(20)15-12(5-9(2)3)13(19)16-7-11(18)6-10(16)8-17/h8-12,18H,4-7H2,1-3H3,(H,15,20). The minimum Gasteiger partial charge on any atom is -0.450 e. The molecule has 1 rings (SSSR count). The van der Waals surface area contributed by atoms with E-state index in [0.717, 1.165) is 0 Å². The predicted molar refractivity (Wildman–Crippen MR) is 75.6 cm³/mol. The molecule has 7 heteroatoms. The largest absolute Gasteiger partial charge is 0.450 e. The molecule has 0 bridgehead atoms. The number of β-amino-alcohol motifs (C(OH)–C–C–N with tert-alkyl or cyclic N) is 1. The van der Waals surface area contributed by atoms with E-state index in [-0.39, 0.29) is 31.4 Å². The molecule has 2 amide bonds. The van der Waals surface area contributed by atoms with Gasteiger partial charge in [0.2, 0.25) is 5.91 Å². The summed E-state index contributed by atoms with van der Waals surface area (Å²) in [5.74, 6) is -0.173. The van der Waals surface area contributed by atoms with Crippen molar-refractivity contribution < 1.29 is 24.2 Å². The quantitative estimate of drug-likeness (QED) is 0.688. The lowest BCUT2D eigenvalue weighted by Crippen LogP contribution is -2.51. The maximum atomic E-state index is 12.5. The smallest absolute Gasteiger partial charge is 0.407 e. The van der Waals surface area contributed by atoms with Crippen LogP contribution in [0.2, 0.25) is 0 Å². The number of amides is 2. The van der Waals surface area contributed by atoms with Crippen molar-refractivity contribution in [3.05, 3.63) is 0 Å². The highest BCUT2D eigenvalue weighted by atomic mass is 16.5. The van der Waals surface area contributed by atoms with E-state index in [1.165, 1.54) is 4.90 Å². The molecule has 3 unspecified atom stereocenters. The molecule has 1 aliphatic rings. The van der Waals surface area contributed by atoms with Crippen LogP contribution in [0.5, 0.6) is 0 Å². The molecule has 0 saturated carbocycles. The molecule has 2 N–H and O–H groups in total. The van der Waals surface area contributed by atoms with Crippen molar-refractivity contribution >= 4 is 18.3 Å². The number of ether oxygens (including phenoxy) is 1. The van der Waals surface area contributed by atoms with Crippen LogP contribution in [0.15, 0.2) is 0 Å². The lowest BCUT2D eigenvalue weighted by atomic mass is 10.0. The Morgan fingerprint density at radius 1 is 1.48 bits per heavy atom. The fourth-order valence-corrected chi connectivity index (χ4v) is 2.43. The zero-order valence-electron chi connectivity index (χ0n) is 12.7. The van der Waals surface area contributed by atoms with Crippen LogP contribution in [0.25, 0.3) is 0 Å². The topological polar surface area (TPSA) is 95.9 Å². The number of carbonyl (C=O) groups is 3. The minimum absolute atomic E-state index is 0.112. The average Bonchev–Trinajstić information content (AvgIpc) is 2.78. The second-order valence-corrected chi connectivity index (χ2v) is 5.63. The van der Waals surface area contributed by atoms with E-state index in [0.29, 0.717) is 12.7 Å². The van der Waals surface area contributed by atoms with Crippen molar-refractivity contribution in [2.75, 3.05) is 13.2 Å². The van der Waals surface area contributed by atoms with Gasteiger partial charge in [-0.1, -0.05) is 13.8 Å². The Balaban J connectivity index is 2.78. The molecule has 0 aromatic rings. The van der Waals surface area contributed by atoms with Crippen LogP contribution < -0.4 is 5.32 Å². The van der Waals surface area contributed by atoms with E-state index >= 15 is 0 Å². The van der Waals surface area contributed by atoms with Crippen LogP contribution >= 0.6 is 0 Å². The number of nitrogens with zero attached hydrogens (tertiary/aromatic N) is 1. The summed E-state index contributed by atoms with van der Waals surface area (Å²) in [6.45, 7) is 5.87. The Hall–Kier alpha value is -1.63. The molecule has 7 nitrogen and oxygen atoms in total. The molecule has 0 radical (unpaired) electrons. The summed E-state index contributed by atoms with van der Waals surface area (Å²) in [6, 6.07) is -1.39. The van der Waals surface area contributed by atoms with Gasteiger partial charge in [0.25, 0.3) is 0 Å². The summed E-state index contributed by atoms with van der Waals surface area (Å²) in [4.78, 5) is 36.4. The summed E-state index contributed by atoms with van der Waals surface area (Å²) in [6.07, 6.45) is -0.0191. The fraction of sp³-hybridized carbons (Fsp3) is 0.786. The average molecular weight is 300 g/mol. The lowest BCUT2D eigenvalue weighted by molar-refractivity contribution is -0.137. The van der Waals surface area contributed by atoms with Gasteiger partial charge in [-0.05, 0) is 19.3 Å². The Labute approximate surface area is 124 Å². The van der Waals surface area contributed by atoms with Gasteiger partial charge in [-0.3, -0.25) is 4.79 Å². The SMILES string of the molecule is CCOC(=O)NC(CC(C)C)C(=O)N1CC(O)CC1C=O. The normalized spacial score (nSPS) is 23.0. The van der Waals surface area contributed by atoms with E-state index in [9.17, 15) is 19.5 Å². The molecule has 0 aromatic carbocycles. The number of aliphatic hydroxyl groups excluding tert-OH is 1. The molecule has 21 heavy (non-hydrogen) atoms. The number of nitrogens with one attached hydrogen (secondary N) is 1. The second-order valence-electron chi connectivity index (χ2n) is 5.63. The minimum atomic E-state index is -0.753. The molecule has 1 heterocycles. The molecule has 120 valence electrons. The molecule has 0 aliphatic carbocycles. The van der Waals surface area contributed by atoms with Crippen LogP contribution in [-0.4, -0.2) is 59.6 Å². The monoisotopic (exact) mass is 300 g/mol. The first-order chi connectivity index (χ1) is 9.88. The molecule has 1 fully saturated rings. The first-order valence-corrected chi connectivity index (χ1v) is 7.26. The highest BCUT2D eigenvalue weighted by Crippen LogP contribution is 2.19. The van der Waals surface area contributed by atoms with Crippen LogP contribution in [0.3, 0.4) is 0 Å². The Morgan fingerprint density at radius 2 is 2.14 bits per heavy atom. The second kappa shape index (κ2) is 7.97. The number of rotatable bonds is 6. The molecular formula is C14H24N2O5. The van der Waals surface area contributed by atoms with Gasteiger partial charge >= 0.3 is 6.09 Å². The molecular weight excluding hydrogens is 276 g/mol. The van der Waals surface area contributed by atoms with Crippen molar-refractivity contribution in [1.29, 1.82) is 0 Å². The zero-order chi connectivity index (χ0) is 16.0. The van der Waals surface area contributed by atoms with Gasteiger partial charge in [0.05, 0.1) is 18.8 Å². The van der Waals surface area contributed by atoms with Gasteiger partial charge in [0.15, 0.2) is 0 Å². The van der Waals surface area contributed by atoms with Crippen molar-refractivity contribution in [1.82, 2.24) is 10.2 Å². The van der Waals surface area contributed by atoms with Crippen LogP contribution in [0.1, 0.15) is 33.6 Å². The van der Waals surface area contributed by atoms with Crippen LogP contribution in [0, 0.1) is 5.92 Å². The predicted octanol–water partition coefficient (Wildman–Crippen LogP) is 0.308. The van der Waals surface area contributed by atoms with Gasteiger partial charge in [0, 0.05) is 13.0 Å². The molecule has 1 aliphatic heterocycles. The van der Waals surface area contributed by atoms with Gasteiger partial charge in [-0.25, -0.2) is 4.79 Å². The number of aliphatic hydroxyl groups is 1. The number of hydrogen-bond acceptors (Lipinski definition) is 5. The molecule has 0 spiro atoms. The number of hydrogen-bond donors (Lipinski definition) is 2. The number of carbonyl (C=O) groups excluding carboxylic acids is 3. The Morgan fingerprint density at radius 3 is 2.67 bits per heavy atom. The first kappa shape index (κ1) is 17.4. The molecule has 0 aromatic heterocycles. The lowest BCUT2D eigenvalue weighted by Gasteiger charge is -2.27. The summed E-state index contributed by atoms with van der Waals surface area (Å²) in [5.41, 5.74) is 0. The van der Waals surface area contributed by atoms with Crippen LogP contribution in [-0.2, 0) is 14.3 Å². The summed E-state index contributed by atoms with van der Waals surface area (Å²) in [7, 11) is 0. The van der Waals surface area contributed by atoms with Crippen molar-refractivity contribution in [2.45, 2.75) is 51.8 Å². The highest BCUT2D eigenvalue weighted by Gasteiger charge is 2.37. The maximum absolute atomic E-state index is 12.5. The number of aldehydes is 1. The van der Waals surface area contributed by atoms with Crippen LogP contribution in [0.4, 0.5) is 4.79 Å². The first-order valence-electron chi connectivity index (χ1n) is 7.26. The molecule has 3 atom stereocenters. The third-order valence-electron chi connectivity index (χ3n) is 3.33. The number of alkyl carbamates (subject to hydrolysis) is 1. The third kappa shape index (κ3) is 5.00. The van der Waals surface area contributed by atoms with Gasteiger partial charge in [0.1, 0.15) is 12.3 Å². The van der Waals surface area contributed by atoms with Crippen molar-refractivity contribution in [3.8, 4) is 0 Å². The van der Waals surface area contributed by atoms with Gasteiger partial charge in [-0.2, -0.15) is 0 Å². The van der Waals surface area contributed by atoms with E-state index in [1.807, 2.05) is 13.8 Å². The zero-order valence-corrected chi connectivity index (χ0v) is 12.7. The summed E-state index contributed by atoms with van der Waals surface area (Å²) < 4.78 is 4.80. The van der Waals surface area contributed by atoms with Gasteiger partial charge in [-0.15, -0.1) is 0 Å². The van der Waals surface area contributed by atoms with E-state index in [2.05, 4.69) is 5.32 Å². The molecule has 1 saturated heterocycles. The number of likely N-dealkylation sites (tertiary alicyclic amines) is 1. The third-order valence-corrected chi connectivity index (χ3v) is 3.33. The van der Waals surface area contributed by atoms with E-state index < -0.39 is 24.3 Å². The summed E-state index contributed by atoms with van der Waals surface area (Å²) in [5, 5.41) is 12.2. The highest BCUT2D eigenvalue weighted by molar-refractivity contribution is 5.88. The van der Waals surface area contributed by atoms with Crippen molar-refractivity contribution in [3.63, 3.8) is 0 Å². The van der Waals surface area contributed by atoms with Gasteiger partial charge < -0.3 is 24.9 Å². The Kier molecular flexibility index (Phi) is 6.61. The fourth-order valence-electron chi connectivity index (χ4n) is 2.43. The van der Waals surface area contributed by atoms with E-state index in [1.54, 1.807) is 6.92 Å². The summed E-state index contributed by atoms with van der Waals surface area (Å²) >= 11 is 0.